The normalized spacial score (nSPS) is 39.8. The first-order valence-corrected chi connectivity index (χ1v) is 5.25. The molecule has 2 saturated heterocycles. The van der Waals surface area contributed by atoms with Gasteiger partial charge in [-0.1, -0.05) is 13.8 Å². The first-order valence-electron chi connectivity index (χ1n) is 5.25. The van der Waals surface area contributed by atoms with Crippen molar-refractivity contribution in [1.82, 2.24) is 10.6 Å². The molecule has 2 N–H and O–H groups in total. The smallest absolute Gasteiger partial charge is 0.0111 e. The van der Waals surface area contributed by atoms with E-state index in [9.17, 15) is 0 Å². The number of rotatable bonds is 3. The SMILES string of the molecule is CC(C)NCC1CC2CCC1N2. The highest BCUT2D eigenvalue weighted by atomic mass is 15.0. The number of hydrogen-bond acceptors (Lipinski definition) is 2. The third-order valence-electron chi connectivity index (χ3n) is 3.22. The van der Waals surface area contributed by atoms with Gasteiger partial charge in [-0.25, -0.2) is 0 Å². The van der Waals surface area contributed by atoms with Gasteiger partial charge in [0, 0.05) is 18.1 Å². The largest absolute Gasteiger partial charge is 0.314 e. The Kier molecular flexibility index (Phi) is 2.37. The van der Waals surface area contributed by atoms with Gasteiger partial charge in [-0.2, -0.15) is 0 Å². The van der Waals surface area contributed by atoms with Crippen LogP contribution >= 0.6 is 0 Å². The monoisotopic (exact) mass is 168 g/mol. The molecule has 2 heterocycles. The highest BCUT2D eigenvalue weighted by Crippen LogP contribution is 2.32. The molecule has 0 aromatic carbocycles. The molecule has 2 nitrogen and oxygen atoms in total. The Morgan fingerprint density at radius 2 is 2.25 bits per heavy atom. The Bertz CT molecular complexity index is 156. The minimum absolute atomic E-state index is 0.643. The Morgan fingerprint density at radius 1 is 1.42 bits per heavy atom. The Morgan fingerprint density at radius 3 is 2.75 bits per heavy atom. The van der Waals surface area contributed by atoms with Gasteiger partial charge < -0.3 is 10.6 Å². The molecular formula is C10H20N2. The fourth-order valence-corrected chi connectivity index (χ4v) is 2.55. The van der Waals surface area contributed by atoms with Crippen LogP contribution in [0.25, 0.3) is 0 Å². The molecule has 2 bridgehead atoms. The lowest BCUT2D eigenvalue weighted by Gasteiger charge is -2.21. The molecule has 0 aromatic rings. The van der Waals surface area contributed by atoms with Gasteiger partial charge in [0.2, 0.25) is 0 Å². The molecule has 0 spiro atoms. The van der Waals surface area contributed by atoms with Crippen LogP contribution in [-0.2, 0) is 0 Å². The summed E-state index contributed by atoms with van der Waals surface area (Å²) in [5.41, 5.74) is 0. The molecular weight excluding hydrogens is 148 g/mol. The molecule has 3 unspecified atom stereocenters. The van der Waals surface area contributed by atoms with E-state index in [1.54, 1.807) is 0 Å². The maximum Gasteiger partial charge on any atom is 0.0111 e. The van der Waals surface area contributed by atoms with Crippen molar-refractivity contribution < 1.29 is 0 Å². The van der Waals surface area contributed by atoms with E-state index in [4.69, 9.17) is 0 Å². The third-order valence-corrected chi connectivity index (χ3v) is 3.22. The van der Waals surface area contributed by atoms with Gasteiger partial charge in [0.1, 0.15) is 0 Å². The van der Waals surface area contributed by atoms with Crippen LogP contribution in [0.2, 0.25) is 0 Å². The van der Waals surface area contributed by atoms with Gasteiger partial charge in [-0.15, -0.1) is 0 Å². The first kappa shape index (κ1) is 8.52. The van der Waals surface area contributed by atoms with Gasteiger partial charge >= 0.3 is 0 Å². The lowest BCUT2D eigenvalue weighted by molar-refractivity contribution is 0.371. The minimum atomic E-state index is 0.643. The summed E-state index contributed by atoms with van der Waals surface area (Å²) in [7, 11) is 0. The maximum atomic E-state index is 3.66. The van der Waals surface area contributed by atoms with Gasteiger partial charge in [-0.05, 0) is 31.7 Å². The highest BCUT2D eigenvalue weighted by molar-refractivity contribution is 4.97. The zero-order valence-corrected chi connectivity index (χ0v) is 8.14. The zero-order valence-electron chi connectivity index (χ0n) is 8.14. The van der Waals surface area contributed by atoms with Crippen molar-refractivity contribution >= 4 is 0 Å². The first-order chi connectivity index (χ1) is 5.75. The van der Waals surface area contributed by atoms with Gasteiger partial charge in [0.25, 0.3) is 0 Å². The second-order valence-electron chi connectivity index (χ2n) is 4.61. The van der Waals surface area contributed by atoms with Gasteiger partial charge in [0.15, 0.2) is 0 Å². The lowest BCUT2D eigenvalue weighted by Crippen LogP contribution is -2.34. The summed E-state index contributed by atoms with van der Waals surface area (Å²) in [5.74, 6) is 0.908. The molecule has 0 amide bonds. The maximum absolute atomic E-state index is 3.66. The standard InChI is InChI=1S/C10H20N2/c1-7(2)11-6-8-5-9-3-4-10(8)12-9/h7-12H,3-6H2,1-2H3. The highest BCUT2D eigenvalue weighted by Gasteiger charge is 2.38. The number of nitrogens with one attached hydrogen (secondary N) is 2. The fraction of sp³-hybridized carbons (Fsp3) is 1.00. The van der Waals surface area contributed by atoms with Crippen LogP contribution in [0.4, 0.5) is 0 Å². The van der Waals surface area contributed by atoms with Gasteiger partial charge in [0.05, 0.1) is 0 Å². The lowest BCUT2D eigenvalue weighted by atomic mass is 9.89. The summed E-state index contributed by atoms with van der Waals surface area (Å²) in [6, 6.07) is 2.33. The van der Waals surface area contributed by atoms with Crippen molar-refractivity contribution in [3.8, 4) is 0 Å². The molecule has 2 heteroatoms. The molecule has 2 aliphatic rings. The average Bonchev–Trinajstić information content (AvgIpc) is 2.60. The van der Waals surface area contributed by atoms with Crippen LogP contribution in [0.5, 0.6) is 0 Å². The van der Waals surface area contributed by atoms with Crippen LogP contribution < -0.4 is 10.6 Å². The number of fused-ring (bicyclic) bond motifs is 2. The molecule has 0 radical (unpaired) electrons. The van der Waals surface area contributed by atoms with Crippen molar-refractivity contribution in [2.75, 3.05) is 6.54 Å². The molecule has 2 fully saturated rings. The second-order valence-corrected chi connectivity index (χ2v) is 4.61. The van der Waals surface area contributed by atoms with Crippen LogP contribution in [0, 0.1) is 5.92 Å². The van der Waals surface area contributed by atoms with E-state index in [2.05, 4.69) is 24.5 Å². The predicted octanol–water partition coefficient (Wildman–Crippen LogP) is 1.12. The van der Waals surface area contributed by atoms with Crippen LogP contribution in [0.3, 0.4) is 0 Å². The average molecular weight is 168 g/mol. The molecule has 0 aliphatic carbocycles. The zero-order chi connectivity index (χ0) is 8.55. The third kappa shape index (κ3) is 1.64. The molecule has 2 rings (SSSR count). The summed E-state index contributed by atoms with van der Waals surface area (Å²) < 4.78 is 0. The van der Waals surface area contributed by atoms with E-state index in [1.807, 2.05) is 0 Å². The topological polar surface area (TPSA) is 24.1 Å². The molecule has 0 aromatic heterocycles. The Hall–Kier alpha value is -0.0800. The van der Waals surface area contributed by atoms with E-state index < -0.39 is 0 Å². The van der Waals surface area contributed by atoms with Crippen LogP contribution in [0.15, 0.2) is 0 Å². The Labute approximate surface area is 75.1 Å². The van der Waals surface area contributed by atoms with Crippen molar-refractivity contribution in [2.45, 2.75) is 51.2 Å². The van der Waals surface area contributed by atoms with E-state index in [0.29, 0.717) is 6.04 Å². The van der Waals surface area contributed by atoms with Crippen LogP contribution in [0.1, 0.15) is 33.1 Å². The molecule has 3 atom stereocenters. The Balaban J connectivity index is 1.76. The summed E-state index contributed by atoms with van der Waals surface area (Å²) in [4.78, 5) is 0. The quantitative estimate of drug-likeness (QED) is 0.660. The molecule has 0 saturated carbocycles. The van der Waals surface area contributed by atoms with E-state index in [-0.39, 0.29) is 0 Å². The minimum Gasteiger partial charge on any atom is -0.314 e. The summed E-state index contributed by atoms with van der Waals surface area (Å²) in [6.07, 6.45) is 4.24. The fourth-order valence-electron chi connectivity index (χ4n) is 2.55. The molecule has 2 aliphatic heterocycles. The summed E-state index contributed by atoms with van der Waals surface area (Å²) in [5, 5.41) is 7.19. The summed E-state index contributed by atoms with van der Waals surface area (Å²) >= 11 is 0. The summed E-state index contributed by atoms with van der Waals surface area (Å²) in [6.45, 7) is 5.66. The van der Waals surface area contributed by atoms with Crippen molar-refractivity contribution in [3.05, 3.63) is 0 Å². The molecule has 12 heavy (non-hydrogen) atoms. The van der Waals surface area contributed by atoms with Crippen molar-refractivity contribution in [2.24, 2.45) is 5.92 Å². The van der Waals surface area contributed by atoms with E-state index in [1.165, 1.54) is 25.8 Å². The van der Waals surface area contributed by atoms with Crippen LogP contribution in [-0.4, -0.2) is 24.7 Å². The van der Waals surface area contributed by atoms with E-state index >= 15 is 0 Å². The second kappa shape index (κ2) is 3.35. The van der Waals surface area contributed by atoms with Crippen molar-refractivity contribution in [1.29, 1.82) is 0 Å². The number of hydrogen-bond donors (Lipinski definition) is 2. The van der Waals surface area contributed by atoms with Gasteiger partial charge in [-0.3, -0.25) is 0 Å². The van der Waals surface area contributed by atoms with E-state index in [0.717, 1.165) is 18.0 Å². The molecule has 70 valence electrons. The van der Waals surface area contributed by atoms with Crippen molar-refractivity contribution in [3.63, 3.8) is 0 Å². The predicted molar refractivity (Wildman–Crippen MR) is 51.2 cm³/mol.